The van der Waals surface area contributed by atoms with Gasteiger partial charge in [-0.2, -0.15) is 0 Å². The van der Waals surface area contributed by atoms with Crippen LogP contribution in [-0.2, 0) is 9.53 Å². The Morgan fingerprint density at radius 1 is 1.00 bits per heavy atom. The second-order valence-electron chi connectivity index (χ2n) is 6.39. The van der Waals surface area contributed by atoms with E-state index in [1.807, 2.05) is 12.1 Å². The number of amides is 1. The van der Waals surface area contributed by atoms with Crippen LogP contribution >= 0.6 is 0 Å². The molecule has 2 rings (SSSR count). The lowest BCUT2D eigenvalue weighted by molar-refractivity contribution is -0.123. The van der Waals surface area contributed by atoms with Crippen LogP contribution in [-0.4, -0.2) is 36.9 Å². The van der Waals surface area contributed by atoms with Crippen molar-refractivity contribution >= 4 is 29.0 Å². The third kappa shape index (κ3) is 5.42. The molecule has 0 radical (unpaired) electrons. The average molecular weight is 382 g/mol. The van der Waals surface area contributed by atoms with Gasteiger partial charge in [-0.25, -0.2) is 4.79 Å². The van der Waals surface area contributed by atoms with Crippen LogP contribution in [0, 0.1) is 0 Å². The summed E-state index contributed by atoms with van der Waals surface area (Å²) in [4.78, 5) is 38.2. The maximum atomic E-state index is 12.3. The normalized spacial score (nSPS) is 11.4. The second kappa shape index (κ2) is 9.69. The van der Waals surface area contributed by atoms with Gasteiger partial charge in [-0.05, 0) is 64.1 Å². The van der Waals surface area contributed by atoms with Crippen LogP contribution in [0.3, 0.4) is 0 Å². The lowest BCUT2D eigenvalue weighted by Crippen LogP contribution is -2.30. The van der Waals surface area contributed by atoms with E-state index >= 15 is 0 Å². The van der Waals surface area contributed by atoms with Gasteiger partial charge in [-0.3, -0.25) is 9.59 Å². The Morgan fingerprint density at radius 2 is 1.64 bits per heavy atom. The number of benzene rings is 2. The molecule has 0 bridgehead atoms. The molecular formula is C22H26N2O4. The van der Waals surface area contributed by atoms with Crippen LogP contribution in [0.4, 0.5) is 11.4 Å². The fourth-order valence-electron chi connectivity index (χ4n) is 2.74. The molecule has 6 heteroatoms. The lowest BCUT2D eigenvalue weighted by Gasteiger charge is -2.21. The maximum Gasteiger partial charge on any atom is 0.338 e. The Bertz CT molecular complexity index is 842. The molecule has 148 valence electrons. The Morgan fingerprint density at radius 3 is 2.21 bits per heavy atom. The highest BCUT2D eigenvalue weighted by Gasteiger charge is 2.19. The average Bonchev–Trinajstić information content (AvgIpc) is 2.69. The third-order valence-electron chi connectivity index (χ3n) is 4.42. The number of nitrogens with zero attached hydrogens (tertiary/aromatic N) is 1. The minimum atomic E-state index is -0.976. The molecule has 6 nitrogen and oxygen atoms in total. The van der Waals surface area contributed by atoms with Crippen LogP contribution in [0.15, 0.2) is 48.5 Å². The Labute approximate surface area is 165 Å². The molecule has 1 amide bonds. The number of hydrogen-bond acceptors (Lipinski definition) is 5. The molecule has 0 spiro atoms. The molecule has 1 atom stereocenters. The lowest BCUT2D eigenvalue weighted by atomic mass is 10.1. The van der Waals surface area contributed by atoms with Crippen LogP contribution in [0.5, 0.6) is 0 Å². The first-order valence-electron chi connectivity index (χ1n) is 9.33. The van der Waals surface area contributed by atoms with Gasteiger partial charge < -0.3 is 15.0 Å². The summed E-state index contributed by atoms with van der Waals surface area (Å²) in [5.41, 5.74) is 2.38. The van der Waals surface area contributed by atoms with Crippen molar-refractivity contribution in [1.82, 2.24) is 0 Å². The first-order valence-corrected chi connectivity index (χ1v) is 9.33. The van der Waals surface area contributed by atoms with Crippen LogP contribution in [0.1, 0.15) is 48.4 Å². The van der Waals surface area contributed by atoms with E-state index in [-0.39, 0.29) is 5.78 Å². The minimum absolute atomic E-state index is 0.0938. The highest BCUT2D eigenvalue weighted by atomic mass is 16.5. The van der Waals surface area contributed by atoms with E-state index in [1.165, 1.54) is 13.8 Å². The molecule has 0 unspecified atom stereocenters. The number of esters is 1. The number of nitrogens with one attached hydrogen (secondary N) is 1. The van der Waals surface area contributed by atoms with Gasteiger partial charge in [-0.1, -0.05) is 12.1 Å². The topological polar surface area (TPSA) is 75.7 Å². The summed E-state index contributed by atoms with van der Waals surface area (Å²) in [6, 6.07) is 13.7. The smallest absolute Gasteiger partial charge is 0.338 e. The Hall–Kier alpha value is -3.15. The van der Waals surface area contributed by atoms with Gasteiger partial charge in [0, 0.05) is 30.0 Å². The van der Waals surface area contributed by atoms with Crippen molar-refractivity contribution in [3.8, 4) is 0 Å². The summed E-state index contributed by atoms with van der Waals surface area (Å²) in [5.74, 6) is -1.12. The van der Waals surface area contributed by atoms with Gasteiger partial charge in [0.2, 0.25) is 0 Å². The molecule has 1 N–H and O–H groups in total. The predicted molar refractivity (Wildman–Crippen MR) is 110 cm³/mol. The summed E-state index contributed by atoms with van der Waals surface area (Å²) in [7, 11) is 0. The van der Waals surface area contributed by atoms with E-state index in [1.54, 1.807) is 36.4 Å². The van der Waals surface area contributed by atoms with Gasteiger partial charge in [0.25, 0.3) is 5.91 Å². The number of ketones is 1. The second-order valence-corrected chi connectivity index (χ2v) is 6.39. The SMILES string of the molecule is CCN(CC)c1ccc(C(=O)O[C@@H](C)C(=O)Nc2cccc(C(C)=O)c2)cc1. The fraction of sp³-hybridized carbons (Fsp3) is 0.318. The number of anilines is 2. The highest BCUT2D eigenvalue weighted by Crippen LogP contribution is 2.16. The summed E-state index contributed by atoms with van der Waals surface area (Å²) in [6.07, 6.45) is -0.976. The number of Topliss-reactive ketones (excluding diaryl/α,β-unsaturated/α-hetero) is 1. The number of hydrogen-bond donors (Lipinski definition) is 1. The van der Waals surface area contributed by atoms with Crippen molar-refractivity contribution in [1.29, 1.82) is 0 Å². The number of rotatable bonds is 8. The van der Waals surface area contributed by atoms with Crippen molar-refractivity contribution < 1.29 is 19.1 Å². The Balaban J connectivity index is 1.98. The monoisotopic (exact) mass is 382 g/mol. The molecule has 0 saturated carbocycles. The van der Waals surface area contributed by atoms with E-state index in [2.05, 4.69) is 24.1 Å². The zero-order valence-electron chi connectivity index (χ0n) is 16.7. The van der Waals surface area contributed by atoms with Crippen molar-refractivity contribution in [3.63, 3.8) is 0 Å². The molecule has 0 saturated heterocycles. The molecule has 0 fully saturated rings. The molecular weight excluding hydrogens is 356 g/mol. The summed E-state index contributed by atoms with van der Waals surface area (Å²) in [6.45, 7) is 8.85. The van der Waals surface area contributed by atoms with Crippen LogP contribution < -0.4 is 10.2 Å². The highest BCUT2D eigenvalue weighted by molar-refractivity contribution is 5.99. The van der Waals surface area contributed by atoms with Crippen LogP contribution in [0.2, 0.25) is 0 Å². The van der Waals surface area contributed by atoms with E-state index in [9.17, 15) is 14.4 Å². The molecule has 0 heterocycles. The molecule has 28 heavy (non-hydrogen) atoms. The zero-order valence-corrected chi connectivity index (χ0v) is 16.7. The van der Waals surface area contributed by atoms with Gasteiger partial charge in [-0.15, -0.1) is 0 Å². The maximum absolute atomic E-state index is 12.3. The largest absolute Gasteiger partial charge is 0.449 e. The summed E-state index contributed by atoms with van der Waals surface area (Å²) >= 11 is 0. The van der Waals surface area contributed by atoms with Gasteiger partial charge >= 0.3 is 5.97 Å². The van der Waals surface area contributed by atoms with E-state index < -0.39 is 18.0 Å². The van der Waals surface area contributed by atoms with Crippen molar-refractivity contribution in [2.24, 2.45) is 0 Å². The Kier molecular flexibility index (Phi) is 7.32. The fourth-order valence-corrected chi connectivity index (χ4v) is 2.74. The first kappa shape index (κ1) is 21.2. The quantitative estimate of drug-likeness (QED) is 0.553. The van der Waals surface area contributed by atoms with E-state index in [4.69, 9.17) is 4.74 Å². The predicted octanol–water partition coefficient (Wildman–Crippen LogP) is 3.92. The van der Waals surface area contributed by atoms with Crippen molar-refractivity contribution in [3.05, 3.63) is 59.7 Å². The third-order valence-corrected chi connectivity index (χ3v) is 4.42. The van der Waals surface area contributed by atoms with E-state index in [0.29, 0.717) is 16.8 Å². The standard InChI is InChI=1S/C22H26N2O4/c1-5-24(6-2)20-12-10-17(11-13-20)22(27)28-16(4)21(26)23-19-9-7-8-18(14-19)15(3)25/h7-14,16H,5-6H2,1-4H3,(H,23,26)/t16-/m0/s1. The van der Waals surface area contributed by atoms with Gasteiger partial charge in [0.1, 0.15) is 0 Å². The number of carbonyl (C=O) groups is 3. The zero-order chi connectivity index (χ0) is 20.7. The van der Waals surface area contributed by atoms with Gasteiger partial charge in [0.05, 0.1) is 5.56 Å². The molecule has 0 aromatic heterocycles. The van der Waals surface area contributed by atoms with E-state index in [0.717, 1.165) is 18.8 Å². The van der Waals surface area contributed by atoms with Crippen LogP contribution in [0.25, 0.3) is 0 Å². The summed E-state index contributed by atoms with van der Waals surface area (Å²) < 4.78 is 5.27. The molecule has 0 aliphatic rings. The van der Waals surface area contributed by atoms with Crippen molar-refractivity contribution in [2.75, 3.05) is 23.3 Å². The number of carbonyl (C=O) groups excluding carboxylic acids is 3. The molecule has 0 aliphatic heterocycles. The number of ether oxygens (including phenoxy) is 1. The first-order chi connectivity index (χ1) is 13.3. The molecule has 0 aliphatic carbocycles. The van der Waals surface area contributed by atoms with Crippen molar-refractivity contribution in [2.45, 2.75) is 33.8 Å². The minimum Gasteiger partial charge on any atom is -0.449 e. The molecule has 2 aromatic rings. The van der Waals surface area contributed by atoms with Gasteiger partial charge in [0.15, 0.2) is 11.9 Å². The molecule has 2 aromatic carbocycles. The summed E-state index contributed by atoms with van der Waals surface area (Å²) in [5, 5.41) is 2.66.